The lowest BCUT2D eigenvalue weighted by Crippen LogP contribution is -2.20. The lowest BCUT2D eigenvalue weighted by atomic mass is 10.4. The summed E-state index contributed by atoms with van der Waals surface area (Å²) < 4.78 is 0. The molecular formula is C8H10Cl2N2. The van der Waals surface area contributed by atoms with Crippen molar-refractivity contribution in [3.05, 3.63) is 23.4 Å². The van der Waals surface area contributed by atoms with Gasteiger partial charge in [-0.2, -0.15) is 0 Å². The summed E-state index contributed by atoms with van der Waals surface area (Å²) in [5.74, 6) is 1.35. The van der Waals surface area contributed by atoms with Crippen LogP contribution in [0.25, 0.3) is 0 Å². The molecule has 0 saturated carbocycles. The molecule has 0 aromatic carbocycles. The van der Waals surface area contributed by atoms with Gasteiger partial charge in [-0.3, -0.25) is 0 Å². The number of hydrogen-bond acceptors (Lipinski definition) is 2. The molecule has 66 valence electrons. The summed E-state index contributed by atoms with van der Waals surface area (Å²) in [5, 5.41) is 0.658. The molecule has 1 rings (SSSR count). The van der Waals surface area contributed by atoms with E-state index in [9.17, 15) is 0 Å². The molecule has 0 unspecified atom stereocenters. The average molecular weight is 205 g/mol. The molecule has 0 aliphatic carbocycles. The number of nitrogens with zero attached hydrogens (tertiary/aromatic N) is 2. The van der Waals surface area contributed by atoms with Crippen molar-refractivity contribution in [2.75, 3.05) is 24.4 Å². The van der Waals surface area contributed by atoms with Gasteiger partial charge in [-0.05, 0) is 12.1 Å². The molecule has 0 bridgehead atoms. The van der Waals surface area contributed by atoms with E-state index >= 15 is 0 Å². The van der Waals surface area contributed by atoms with E-state index in [-0.39, 0.29) is 0 Å². The quantitative estimate of drug-likeness (QED) is 0.704. The highest BCUT2D eigenvalue weighted by Crippen LogP contribution is 2.20. The first-order valence-electron chi connectivity index (χ1n) is 3.63. The Hall–Kier alpha value is -0.470. The molecule has 4 heteroatoms. The Kier molecular flexibility index (Phi) is 3.63. The predicted molar refractivity (Wildman–Crippen MR) is 53.2 cm³/mol. The van der Waals surface area contributed by atoms with Crippen molar-refractivity contribution < 1.29 is 0 Å². The Labute approximate surface area is 82.1 Å². The van der Waals surface area contributed by atoms with E-state index < -0.39 is 0 Å². The number of anilines is 1. The van der Waals surface area contributed by atoms with Crippen molar-refractivity contribution in [1.29, 1.82) is 0 Å². The van der Waals surface area contributed by atoms with Gasteiger partial charge in [-0.15, -0.1) is 11.6 Å². The summed E-state index contributed by atoms with van der Waals surface area (Å²) in [6.07, 6.45) is 1.71. The van der Waals surface area contributed by atoms with Crippen LogP contribution in [-0.4, -0.2) is 24.5 Å². The van der Waals surface area contributed by atoms with Gasteiger partial charge < -0.3 is 4.90 Å². The Balaban J connectivity index is 2.79. The van der Waals surface area contributed by atoms with Crippen LogP contribution >= 0.6 is 23.2 Å². The van der Waals surface area contributed by atoms with Crippen LogP contribution in [0.5, 0.6) is 0 Å². The summed E-state index contributed by atoms with van der Waals surface area (Å²) in [5.41, 5.74) is 0. The maximum Gasteiger partial charge on any atom is 0.147 e. The monoisotopic (exact) mass is 204 g/mol. The second-order valence-electron chi connectivity index (χ2n) is 2.42. The second-order valence-corrected chi connectivity index (χ2v) is 3.20. The molecule has 2 nitrogen and oxygen atoms in total. The van der Waals surface area contributed by atoms with Gasteiger partial charge in [0.05, 0.1) is 5.02 Å². The van der Waals surface area contributed by atoms with Crippen LogP contribution in [0.1, 0.15) is 0 Å². The van der Waals surface area contributed by atoms with E-state index in [1.54, 1.807) is 12.3 Å². The molecule has 1 aromatic heterocycles. The first kappa shape index (κ1) is 9.62. The van der Waals surface area contributed by atoms with Crippen molar-refractivity contribution in [2.45, 2.75) is 0 Å². The van der Waals surface area contributed by atoms with E-state index in [0.717, 1.165) is 12.4 Å². The normalized spacial score (nSPS) is 9.92. The maximum absolute atomic E-state index is 5.91. The minimum Gasteiger partial charge on any atom is -0.357 e. The third-order valence-electron chi connectivity index (χ3n) is 1.52. The van der Waals surface area contributed by atoms with Gasteiger partial charge in [0.15, 0.2) is 0 Å². The molecule has 0 spiro atoms. The molecule has 1 aromatic rings. The molecule has 1 heterocycles. The van der Waals surface area contributed by atoms with Gasteiger partial charge in [0.2, 0.25) is 0 Å². The Bertz CT molecular complexity index is 253. The standard InChI is InChI=1S/C8H10Cl2N2/c1-12(6-4-9)8-7(10)3-2-5-11-8/h2-3,5H,4,6H2,1H3. The SMILES string of the molecule is CN(CCCl)c1ncccc1Cl. The van der Waals surface area contributed by atoms with Crippen LogP contribution < -0.4 is 4.90 Å². The highest BCUT2D eigenvalue weighted by Gasteiger charge is 2.04. The molecule has 0 aliphatic heterocycles. The molecule has 0 radical (unpaired) electrons. The summed E-state index contributed by atoms with van der Waals surface area (Å²) in [6.45, 7) is 0.748. The van der Waals surface area contributed by atoms with Gasteiger partial charge in [-0.25, -0.2) is 4.98 Å². The van der Waals surface area contributed by atoms with Crippen LogP contribution in [0.3, 0.4) is 0 Å². The van der Waals surface area contributed by atoms with E-state index in [0.29, 0.717) is 10.9 Å². The number of hydrogen-bond donors (Lipinski definition) is 0. The fourth-order valence-corrected chi connectivity index (χ4v) is 1.41. The van der Waals surface area contributed by atoms with Crippen molar-refractivity contribution in [2.24, 2.45) is 0 Å². The molecule has 0 fully saturated rings. The third-order valence-corrected chi connectivity index (χ3v) is 1.98. The number of pyridine rings is 1. The van der Waals surface area contributed by atoms with Crippen molar-refractivity contribution in [3.8, 4) is 0 Å². The summed E-state index contributed by atoms with van der Waals surface area (Å²) >= 11 is 11.5. The third kappa shape index (κ3) is 2.26. The Morgan fingerprint density at radius 3 is 2.92 bits per heavy atom. The summed E-state index contributed by atoms with van der Waals surface area (Å²) in [6, 6.07) is 3.62. The van der Waals surface area contributed by atoms with Gasteiger partial charge in [0.1, 0.15) is 5.82 Å². The van der Waals surface area contributed by atoms with E-state index in [4.69, 9.17) is 23.2 Å². The Morgan fingerprint density at radius 1 is 1.58 bits per heavy atom. The fourth-order valence-electron chi connectivity index (χ4n) is 0.891. The molecule has 0 N–H and O–H groups in total. The van der Waals surface area contributed by atoms with E-state index in [1.165, 1.54) is 0 Å². The first-order valence-corrected chi connectivity index (χ1v) is 4.54. The molecule has 0 aliphatic rings. The van der Waals surface area contributed by atoms with E-state index in [1.807, 2.05) is 18.0 Å². The summed E-state index contributed by atoms with van der Waals surface area (Å²) in [7, 11) is 1.91. The largest absolute Gasteiger partial charge is 0.357 e. The number of aromatic nitrogens is 1. The van der Waals surface area contributed by atoms with Crippen LogP contribution in [0.2, 0.25) is 5.02 Å². The van der Waals surface area contributed by atoms with E-state index in [2.05, 4.69) is 4.98 Å². The highest BCUT2D eigenvalue weighted by atomic mass is 35.5. The van der Waals surface area contributed by atoms with Crippen LogP contribution in [0.4, 0.5) is 5.82 Å². The zero-order valence-corrected chi connectivity index (χ0v) is 8.31. The van der Waals surface area contributed by atoms with Crippen LogP contribution in [-0.2, 0) is 0 Å². The van der Waals surface area contributed by atoms with Crippen LogP contribution in [0, 0.1) is 0 Å². The molecular weight excluding hydrogens is 195 g/mol. The van der Waals surface area contributed by atoms with Gasteiger partial charge in [-0.1, -0.05) is 11.6 Å². The second kappa shape index (κ2) is 4.53. The van der Waals surface area contributed by atoms with Crippen molar-refractivity contribution in [1.82, 2.24) is 4.98 Å². The topological polar surface area (TPSA) is 16.1 Å². The minimum atomic E-state index is 0.573. The van der Waals surface area contributed by atoms with Gasteiger partial charge >= 0.3 is 0 Å². The van der Waals surface area contributed by atoms with Crippen LogP contribution in [0.15, 0.2) is 18.3 Å². The lowest BCUT2D eigenvalue weighted by molar-refractivity contribution is 0.943. The number of rotatable bonds is 3. The summed E-state index contributed by atoms with van der Waals surface area (Å²) in [4.78, 5) is 6.06. The van der Waals surface area contributed by atoms with Gasteiger partial charge in [0.25, 0.3) is 0 Å². The fraction of sp³-hybridized carbons (Fsp3) is 0.375. The highest BCUT2D eigenvalue weighted by molar-refractivity contribution is 6.32. The smallest absolute Gasteiger partial charge is 0.147 e. The maximum atomic E-state index is 5.91. The van der Waals surface area contributed by atoms with Crippen molar-refractivity contribution in [3.63, 3.8) is 0 Å². The minimum absolute atomic E-state index is 0.573. The number of halogens is 2. The predicted octanol–water partition coefficient (Wildman–Crippen LogP) is 2.41. The molecule has 0 atom stereocenters. The average Bonchev–Trinajstić information content (AvgIpc) is 2.05. The zero-order valence-electron chi connectivity index (χ0n) is 6.80. The molecule has 0 amide bonds. The van der Waals surface area contributed by atoms with Crippen molar-refractivity contribution >= 4 is 29.0 Å². The molecule has 0 saturated heterocycles. The molecule has 12 heavy (non-hydrogen) atoms. The first-order chi connectivity index (χ1) is 5.75. The number of alkyl halides is 1. The Morgan fingerprint density at radius 2 is 2.33 bits per heavy atom. The van der Waals surface area contributed by atoms with Gasteiger partial charge in [0, 0.05) is 25.7 Å². The zero-order chi connectivity index (χ0) is 8.97. The lowest BCUT2D eigenvalue weighted by Gasteiger charge is -2.17.